The quantitative estimate of drug-likeness (QED) is 0.0188. The van der Waals surface area contributed by atoms with E-state index in [0.29, 0.717) is 12.8 Å². The monoisotopic (exact) mass is 943 g/mol. The number of unbranched alkanes of at least 4 members (excludes halogenated alkanes) is 19. The summed E-state index contributed by atoms with van der Waals surface area (Å²) in [5.41, 5.74) is 0. The first-order valence-electron chi connectivity index (χ1n) is 25.6. The fraction of sp³-hybridized carbons (Fsp3) is 0.843. The number of hydrogen-bond donors (Lipinski definition) is 7. The van der Waals surface area contributed by atoms with Crippen LogP contribution in [0.1, 0.15) is 181 Å². The first kappa shape index (κ1) is 59.8. The molecule has 66 heavy (non-hydrogen) atoms. The number of carbonyl (C=O) groups is 2. The van der Waals surface area contributed by atoms with Gasteiger partial charge < -0.3 is 64.2 Å². The van der Waals surface area contributed by atoms with E-state index < -0.39 is 92.7 Å². The van der Waals surface area contributed by atoms with Crippen molar-refractivity contribution in [3.05, 3.63) is 36.5 Å². The summed E-state index contributed by atoms with van der Waals surface area (Å²) in [5, 5.41) is 72.0. The number of aliphatic hydroxyl groups excluding tert-OH is 7. The lowest BCUT2D eigenvalue weighted by Crippen LogP contribution is -2.61. The summed E-state index contributed by atoms with van der Waals surface area (Å²) in [5.74, 6) is -0.942. The molecule has 2 rings (SSSR count). The minimum absolute atomic E-state index is 0.149. The predicted octanol–water partition coefficient (Wildman–Crippen LogP) is 6.93. The first-order chi connectivity index (χ1) is 32.0. The Morgan fingerprint density at radius 2 is 0.924 bits per heavy atom. The van der Waals surface area contributed by atoms with Gasteiger partial charge in [-0.25, -0.2) is 0 Å². The molecule has 15 nitrogen and oxygen atoms in total. The number of allylic oxidation sites excluding steroid dienone is 6. The fourth-order valence-electron chi connectivity index (χ4n) is 7.82. The van der Waals surface area contributed by atoms with E-state index in [2.05, 4.69) is 50.3 Å². The van der Waals surface area contributed by atoms with Gasteiger partial charge >= 0.3 is 11.9 Å². The van der Waals surface area contributed by atoms with Crippen LogP contribution in [0.5, 0.6) is 0 Å². The lowest BCUT2D eigenvalue weighted by atomic mass is 9.98. The molecule has 2 aliphatic rings. The summed E-state index contributed by atoms with van der Waals surface area (Å²) >= 11 is 0. The normalized spacial score (nSPS) is 26.4. The van der Waals surface area contributed by atoms with Gasteiger partial charge in [-0.05, 0) is 64.2 Å². The van der Waals surface area contributed by atoms with Crippen molar-refractivity contribution in [2.24, 2.45) is 0 Å². The highest BCUT2D eigenvalue weighted by atomic mass is 16.7. The van der Waals surface area contributed by atoms with E-state index in [1.807, 2.05) is 0 Å². The second-order valence-corrected chi connectivity index (χ2v) is 18.0. The van der Waals surface area contributed by atoms with Gasteiger partial charge in [-0.1, -0.05) is 140 Å². The van der Waals surface area contributed by atoms with E-state index in [0.717, 1.165) is 70.6 Å². The number of esters is 2. The molecule has 2 fully saturated rings. The molecule has 2 aliphatic heterocycles. The van der Waals surface area contributed by atoms with Crippen molar-refractivity contribution in [3.8, 4) is 0 Å². The van der Waals surface area contributed by atoms with Crippen LogP contribution in [-0.4, -0.2) is 142 Å². The van der Waals surface area contributed by atoms with E-state index in [1.54, 1.807) is 0 Å². The average molecular weight is 943 g/mol. The maximum Gasteiger partial charge on any atom is 0.306 e. The Bertz CT molecular complexity index is 1290. The molecule has 0 aromatic heterocycles. The fourth-order valence-corrected chi connectivity index (χ4v) is 7.82. The van der Waals surface area contributed by atoms with Gasteiger partial charge in [0.15, 0.2) is 18.7 Å². The van der Waals surface area contributed by atoms with Gasteiger partial charge in [0.2, 0.25) is 0 Å². The molecule has 7 N–H and O–H groups in total. The Kier molecular flexibility index (Phi) is 35.0. The molecule has 4 unspecified atom stereocenters. The van der Waals surface area contributed by atoms with Crippen molar-refractivity contribution in [2.75, 3.05) is 26.4 Å². The summed E-state index contributed by atoms with van der Waals surface area (Å²) in [6, 6.07) is 0. The molecule has 0 amide bonds. The largest absolute Gasteiger partial charge is 0.462 e. The summed E-state index contributed by atoms with van der Waals surface area (Å²) in [6.07, 6.45) is 23.1. The van der Waals surface area contributed by atoms with Crippen LogP contribution in [0.25, 0.3) is 0 Å². The molecule has 0 spiro atoms. The van der Waals surface area contributed by atoms with E-state index in [1.165, 1.54) is 70.6 Å². The van der Waals surface area contributed by atoms with Crippen LogP contribution < -0.4 is 0 Å². The van der Waals surface area contributed by atoms with Gasteiger partial charge in [0.25, 0.3) is 0 Å². The number of carbonyl (C=O) groups excluding carboxylic acids is 2. The van der Waals surface area contributed by atoms with Crippen molar-refractivity contribution >= 4 is 11.9 Å². The second-order valence-electron chi connectivity index (χ2n) is 18.0. The molecule has 2 heterocycles. The molecule has 0 aromatic carbocycles. The van der Waals surface area contributed by atoms with Crippen LogP contribution in [0, 0.1) is 0 Å². The highest BCUT2D eigenvalue weighted by Crippen LogP contribution is 2.26. The first-order valence-corrected chi connectivity index (χ1v) is 25.6. The van der Waals surface area contributed by atoms with Crippen LogP contribution in [0.15, 0.2) is 36.5 Å². The average Bonchev–Trinajstić information content (AvgIpc) is 3.31. The zero-order chi connectivity index (χ0) is 48.2. The molecule has 384 valence electrons. The van der Waals surface area contributed by atoms with Gasteiger partial charge in [0.05, 0.1) is 19.8 Å². The van der Waals surface area contributed by atoms with Gasteiger partial charge in [0, 0.05) is 12.8 Å². The van der Waals surface area contributed by atoms with Gasteiger partial charge in [-0.2, -0.15) is 0 Å². The third-order valence-corrected chi connectivity index (χ3v) is 12.1. The van der Waals surface area contributed by atoms with Crippen LogP contribution in [-0.2, 0) is 38.0 Å². The minimum Gasteiger partial charge on any atom is -0.462 e. The Morgan fingerprint density at radius 1 is 0.485 bits per heavy atom. The predicted molar refractivity (Wildman–Crippen MR) is 252 cm³/mol. The summed E-state index contributed by atoms with van der Waals surface area (Å²) < 4.78 is 33.5. The molecule has 0 bridgehead atoms. The van der Waals surface area contributed by atoms with Crippen molar-refractivity contribution in [3.63, 3.8) is 0 Å². The molecular weight excluding hydrogens is 853 g/mol. The van der Waals surface area contributed by atoms with Crippen LogP contribution in [0.4, 0.5) is 0 Å². The van der Waals surface area contributed by atoms with Gasteiger partial charge in [-0.15, -0.1) is 0 Å². The highest BCUT2D eigenvalue weighted by Gasteiger charge is 2.47. The van der Waals surface area contributed by atoms with Crippen LogP contribution in [0.3, 0.4) is 0 Å². The smallest absolute Gasteiger partial charge is 0.306 e. The van der Waals surface area contributed by atoms with Crippen molar-refractivity contribution < 1.29 is 73.8 Å². The highest BCUT2D eigenvalue weighted by molar-refractivity contribution is 5.70. The molecule has 0 radical (unpaired) electrons. The van der Waals surface area contributed by atoms with E-state index in [-0.39, 0.29) is 26.1 Å². The van der Waals surface area contributed by atoms with E-state index in [9.17, 15) is 45.3 Å². The standard InChI is InChI=1S/C51H90O15/c1-3-5-7-9-11-13-15-17-19-21-23-25-27-29-31-33-42(53)61-36-39(64-43(54)34-32-30-28-26-24-22-20-18-16-14-12-10-8-6-4-2)37-62-50-49(60)47(58)45(56)41(66-50)38-63-51-48(59)46(57)44(55)40(35-52)65-51/h9,11-12,14,18,20,39-41,44-52,55-60H,3-8,10,13,15-17,19,21-38H2,1-2H3/b11-9+,14-12+,20-18+/t39-,40-,41-,44+,45+,46?,47?,48?,49?,50-,51-/m1/s1. The zero-order valence-electron chi connectivity index (χ0n) is 40.4. The molecule has 0 aromatic rings. The lowest BCUT2D eigenvalue weighted by molar-refractivity contribution is -0.332. The lowest BCUT2D eigenvalue weighted by Gasteiger charge is -2.42. The Hall–Kier alpha value is -2.28. The molecule has 11 atom stereocenters. The Labute approximate surface area is 395 Å². The third kappa shape index (κ3) is 26.5. The van der Waals surface area contributed by atoms with Crippen molar-refractivity contribution in [1.82, 2.24) is 0 Å². The molecular formula is C51H90O15. The summed E-state index contributed by atoms with van der Waals surface area (Å²) in [6.45, 7) is 2.52. The second kappa shape index (κ2) is 38.6. The maximum absolute atomic E-state index is 13.0. The minimum atomic E-state index is -1.77. The molecule has 0 aliphatic carbocycles. The van der Waals surface area contributed by atoms with Crippen LogP contribution in [0.2, 0.25) is 0 Å². The number of aliphatic hydroxyl groups is 7. The van der Waals surface area contributed by atoms with Crippen molar-refractivity contribution in [2.45, 2.75) is 248 Å². The molecule has 0 saturated carbocycles. The molecule has 2 saturated heterocycles. The van der Waals surface area contributed by atoms with E-state index >= 15 is 0 Å². The Balaban J connectivity index is 1.82. The Morgan fingerprint density at radius 3 is 1.47 bits per heavy atom. The topological polar surface area (TPSA) is 231 Å². The SMILES string of the molecule is CCCC/C=C/CCCCCCCCCCCC(=O)OC[C@H](CO[C@@H]1O[C@H](CO[C@@H]2O[C@H](CO)[C@H](O)C(O)C2O)[C@H](O)C(O)C1O)OC(=O)CCCCCCC/C=C/C/C=C/CCCCC. The summed E-state index contributed by atoms with van der Waals surface area (Å²) in [7, 11) is 0. The van der Waals surface area contributed by atoms with Gasteiger partial charge in [0.1, 0.15) is 55.4 Å². The number of ether oxygens (including phenoxy) is 6. The number of rotatable bonds is 39. The zero-order valence-corrected chi connectivity index (χ0v) is 40.4. The third-order valence-electron chi connectivity index (χ3n) is 12.1. The maximum atomic E-state index is 13.0. The van der Waals surface area contributed by atoms with E-state index in [4.69, 9.17) is 28.4 Å². The van der Waals surface area contributed by atoms with Crippen molar-refractivity contribution in [1.29, 1.82) is 0 Å². The van der Waals surface area contributed by atoms with Crippen LogP contribution >= 0.6 is 0 Å². The van der Waals surface area contributed by atoms with Gasteiger partial charge in [-0.3, -0.25) is 9.59 Å². The molecule has 15 heteroatoms. The summed E-state index contributed by atoms with van der Waals surface area (Å²) in [4.78, 5) is 25.7. The number of hydrogen-bond acceptors (Lipinski definition) is 15.